The first-order valence-electron chi connectivity index (χ1n) is 12.5. The van der Waals surface area contributed by atoms with Crippen molar-refractivity contribution in [2.75, 3.05) is 46.6 Å². The monoisotopic (exact) mass is 542 g/mol. The lowest BCUT2D eigenvalue weighted by Crippen LogP contribution is -2.45. The summed E-state index contributed by atoms with van der Waals surface area (Å²) in [5.74, 6) is 0.853. The Hall–Kier alpha value is -3.48. The molecule has 0 radical (unpaired) electrons. The number of aromatic nitrogens is 2. The Morgan fingerprint density at radius 1 is 1.13 bits per heavy atom. The molecule has 2 aliphatic rings. The summed E-state index contributed by atoms with van der Waals surface area (Å²) in [6.07, 6.45) is 0.765. The largest absolute Gasteiger partial charge is 0.486 e. The Morgan fingerprint density at radius 3 is 2.63 bits per heavy atom. The standard InChI is InChI=1S/C26H30N4O7S/c1-35-13-12-29(17-24-27-21-5-3-2-4-20(21)25(31)28-24)26(32)18-8-10-30(11-9-18)38(33,34)19-6-7-22-23(16-19)37-15-14-36-22/h2-7,16,18H,8-15,17H2,1H3,(H,27,28,31). The van der Waals surface area contributed by atoms with E-state index in [4.69, 9.17) is 14.2 Å². The van der Waals surface area contributed by atoms with Crippen LogP contribution < -0.4 is 15.0 Å². The van der Waals surface area contributed by atoms with Crippen LogP contribution in [0.25, 0.3) is 10.9 Å². The van der Waals surface area contributed by atoms with Crippen molar-refractivity contribution in [1.82, 2.24) is 19.2 Å². The predicted octanol–water partition coefficient (Wildman–Crippen LogP) is 1.77. The van der Waals surface area contributed by atoms with Crippen LogP contribution in [0.3, 0.4) is 0 Å². The van der Waals surface area contributed by atoms with Gasteiger partial charge in [0.2, 0.25) is 15.9 Å². The van der Waals surface area contributed by atoms with Crippen LogP contribution in [-0.4, -0.2) is 80.1 Å². The van der Waals surface area contributed by atoms with Gasteiger partial charge in [0.1, 0.15) is 19.0 Å². The molecule has 2 aliphatic heterocycles. The highest BCUT2D eigenvalue weighted by atomic mass is 32.2. The molecule has 11 nitrogen and oxygen atoms in total. The quantitative estimate of drug-likeness (QED) is 0.456. The third-order valence-corrected chi connectivity index (χ3v) is 8.73. The van der Waals surface area contributed by atoms with E-state index in [1.807, 2.05) is 0 Å². The Morgan fingerprint density at radius 2 is 1.87 bits per heavy atom. The van der Waals surface area contributed by atoms with Gasteiger partial charge in [0.15, 0.2) is 11.5 Å². The molecule has 1 aromatic heterocycles. The molecule has 1 saturated heterocycles. The molecule has 0 unspecified atom stereocenters. The van der Waals surface area contributed by atoms with Gasteiger partial charge < -0.3 is 24.1 Å². The molecule has 0 saturated carbocycles. The minimum Gasteiger partial charge on any atom is -0.486 e. The average molecular weight is 543 g/mol. The minimum absolute atomic E-state index is 0.116. The molecule has 0 atom stereocenters. The van der Waals surface area contributed by atoms with E-state index in [0.717, 1.165) is 0 Å². The molecule has 5 rings (SSSR count). The van der Waals surface area contributed by atoms with Crippen LogP contribution in [0.1, 0.15) is 18.7 Å². The summed E-state index contributed by atoms with van der Waals surface area (Å²) in [4.78, 5) is 35.0. The number of piperidine rings is 1. The van der Waals surface area contributed by atoms with Crippen LogP contribution in [0.5, 0.6) is 11.5 Å². The van der Waals surface area contributed by atoms with Gasteiger partial charge in [-0.25, -0.2) is 13.4 Å². The van der Waals surface area contributed by atoms with Gasteiger partial charge in [-0.3, -0.25) is 9.59 Å². The predicted molar refractivity (Wildman–Crippen MR) is 139 cm³/mol. The normalized spacial score (nSPS) is 16.4. The SMILES string of the molecule is COCCN(Cc1nc2ccccc2c(=O)[nH]1)C(=O)C1CCN(S(=O)(=O)c2ccc3c(c2)OCCO3)CC1. The van der Waals surface area contributed by atoms with E-state index in [9.17, 15) is 18.0 Å². The summed E-state index contributed by atoms with van der Waals surface area (Å²) in [5.41, 5.74) is 0.297. The van der Waals surface area contributed by atoms with E-state index in [0.29, 0.717) is 67.4 Å². The van der Waals surface area contributed by atoms with Crippen molar-refractivity contribution in [2.45, 2.75) is 24.3 Å². The number of hydrogen-bond donors (Lipinski definition) is 1. The Kier molecular flexibility index (Phi) is 7.63. The number of carbonyl (C=O) groups is 1. The Bertz CT molecular complexity index is 1480. The number of fused-ring (bicyclic) bond motifs is 2. The number of nitrogens with zero attached hydrogens (tertiary/aromatic N) is 3. The van der Waals surface area contributed by atoms with Gasteiger partial charge in [-0.15, -0.1) is 0 Å². The van der Waals surface area contributed by atoms with Gasteiger partial charge in [-0.2, -0.15) is 4.31 Å². The number of H-pyrrole nitrogens is 1. The molecule has 38 heavy (non-hydrogen) atoms. The number of benzene rings is 2. The topological polar surface area (TPSA) is 131 Å². The van der Waals surface area contributed by atoms with Gasteiger partial charge in [0.25, 0.3) is 5.56 Å². The number of nitrogens with one attached hydrogen (secondary N) is 1. The Balaban J connectivity index is 1.27. The smallest absolute Gasteiger partial charge is 0.258 e. The first-order valence-corrected chi connectivity index (χ1v) is 14.0. The highest BCUT2D eigenvalue weighted by Gasteiger charge is 2.34. The molecule has 1 N–H and O–H groups in total. The van der Waals surface area contributed by atoms with Crippen molar-refractivity contribution >= 4 is 26.8 Å². The van der Waals surface area contributed by atoms with Crippen LogP contribution in [0.15, 0.2) is 52.2 Å². The van der Waals surface area contributed by atoms with Gasteiger partial charge in [-0.1, -0.05) is 12.1 Å². The lowest BCUT2D eigenvalue weighted by atomic mass is 9.96. The second kappa shape index (κ2) is 11.1. The van der Waals surface area contributed by atoms with Gasteiger partial charge in [0, 0.05) is 38.7 Å². The second-order valence-electron chi connectivity index (χ2n) is 9.27. The fraction of sp³-hybridized carbons (Fsp3) is 0.423. The lowest BCUT2D eigenvalue weighted by molar-refractivity contribution is -0.138. The first kappa shape index (κ1) is 26.1. The summed E-state index contributed by atoms with van der Waals surface area (Å²) < 4.78 is 44.2. The zero-order valence-corrected chi connectivity index (χ0v) is 21.9. The van der Waals surface area contributed by atoms with E-state index < -0.39 is 10.0 Å². The number of rotatable bonds is 8. The number of para-hydroxylation sites is 1. The van der Waals surface area contributed by atoms with E-state index >= 15 is 0 Å². The summed E-state index contributed by atoms with van der Waals surface area (Å²) in [6.45, 7) is 1.99. The summed E-state index contributed by atoms with van der Waals surface area (Å²) >= 11 is 0. The molecule has 1 amide bonds. The first-order chi connectivity index (χ1) is 18.4. The number of ether oxygens (including phenoxy) is 3. The van der Waals surface area contributed by atoms with Crippen LogP contribution in [0.4, 0.5) is 0 Å². The molecule has 12 heteroatoms. The molecule has 3 aromatic rings. The van der Waals surface area contributed by atoms with Crippen LogP contribution >= 0.6 is 0 Å². The lowest BCUT2D eigenvalue weighted by Gasteiger charge is -2.33. The molecule has 0 spiro atoms. The number of hydrogen-bond acceptors (Lipinski definition) is 8. The minimum atomic E-state index is -3.75. The van der Waals surface area contributed by atoms with Crippen molar-refractivity contribution < 1.29 is 27.4 Å². The average Bonchev–Trinajstić information content (AvgIpc) is 2.94. The molecular formula is C26H30N4O7S. The van der Waals surface area contributed by atoms with E-state index in [2.05, 4.69) is 9.97 Å². The Labute approximate surface area is 220 Å². The highest BCUT2D eigenvalue weighted by molar-refractivity contribution is 7.89. The molecule has 1 fully saturated rings. The molecule has 0 aliphatic carbocycles. The second-order valence-corrected chi connectivity index (χ2v) is 11.2. The number of carbonyl (C=O) groups excluding carboxylic acids is 1. The van der Waals surface area contributed by atoms with Crippen LogP contribution in [0.2, 0.25) is 0 Å². The summed E-state index contributed by atoms with van der Waals surface area (Å²) in [7, 11) is -2.19. The van der Waals surface area contributed by atoms with Crippen molar-refractivity contribution in [3.8, 4) is 11.5 Å². The number of amides is 1. The third-order valence-electron chi connectivity index (χ3n) is 6.83. The maximum atomic E-state index is 13.5. The fourth-order valence-electron chi connectivity index (χ4n) is 4.79. The molecule has 0 bridgehead atoms. The van der Waals surface area contributed by atoms with Crippen LogP contribution in [-0.2, 0) is 26.1 Å². The zero-order valence-electron chi connectivity index (χ0n) is 21.1. The van der Waals surface area contributed by atoms with E-state index in [1.165, 1.54) is 16.4 Å². The highest BCUT2D eigenvalue weighted by Crippen LogP contribution is 2.34. The van der Waals surface area contributed by atoms with Gasteiger partial charge >= 0.3 is 0 Å². The maximum Gasteiger partial charge on any atom is 0.258 e. The number of sulfonamides is 1. The molecule has 2 aromatic carbocycles. The van der Waals surface area contributed by atoms with E-state index in [1.54, 1.807) is 42.3 Å². The van der Waals surface area contributed by atoms with E-state index in [-0.39, 0.29) is 41.9 Å². The third kappa shape index (κ3) is 5.38. The molecule has 202 valence electrons. The molecule has 3 heterocycles. The maximum absolute atomic E-state index is 13.5. The van der Waals surface area contributed by atoms with Gasteiger partial charge in [-0.05, 0) is 37.1 Å². The zero-order chi connectivity index (χ0) is 26.7. The summed E-state index contributed by atoms with van der Waals surface area (Å²) in [6, 6.07) is 11.6. The fourth-order valence-corrected chi connectivity index (χ4v) is 6.28. The number of aromatic amines is 1. The van der Waals surface area contributed by atoms with Crippen molar-refractivity contribution in [3.63, 3.8) is 0 Å². The van der Waals surface area contributed by atoms with Crippen molar-refractivity contribution in [2.24, 2.45) is 5.92 Å². The van der Waals surface area contributed by atoms with Crippen molar-refractivity contribution in [3.05, 3.63) is 58.6 Å². The molecular weight excluding hydrogens is 512 g/mol. The van der Waals surface area contributed by atoms with Crippen LogP contribution in [0, 0.1) is 5.92 Å². The number of methoxy groups -OCH3 is 1. The van der Waals surface area contributed by atoms with Crippen molar-refractivity contribution in [1.29, 1.82) is 0 Å². The van der Waals surface area contributed by atoms with Gasteiger partial charge in [0.05, 0.1) is 29.0 Å². The summed E-state index contributed by atoms with van der Waals surface area (Å²) in [5, 5.41) is 0.484.